The van der Waals surface area contributed by atoms with Gasteiger partial charge in [0.25, 0.3) is 0 Å². The van der Waals surface area contributed by atoms with Crippen molar-refractivity contribution in [2.45, 2.75) is 59.7 Å². The molecular weight excluding hydrogens is 242 g/mol. The van der Waals surface area contributed by atoms with Crippen molar-refractivity contribution < 1.29 is 9.90 Å². The van der Waals surface area contributed by atoms with E-state index in [2.05, 4.69) is 12.0 Å². The summed E-state index contributed by atoms with van der Waals surface area (Å²) in [4.78, 5) is 13.2. The second-order valence-corrected chi connectivity index (χ2v) is 5.00. The van der Waals surface area contributed by atoms with E-state index in [-0.39, 0.29) is 6.04 Å². The van der Waals surface area contributed by atoms with Crippen molar-refractivity contribution in [2.75, 3.05) is 7.05 Å². The minimum absolute atomic E-state index is 0.0429. The van der Waals surface area contributed by atoms with E-state index in [1.165, 1.54) is 0 Å². The Labute approximate surface area is 115 Å². The monoisotopic (exact) mass is 267 g/mol. The van der Waals surface area contributed by atoms with Gasteiger partial charge in [0.15, 0.2) is 0 Å². The summed E-state index contributed by atoms with van der Waals surface area (Å²) in [6, 6.07) is -0.417. The lowest BCUT2D eigenvalue weighted by molar-refractivity contribution is -0.143. The SMILES string of the molecule is CCC(C(=O)O)N(C)C(C)c1c(C)nn(CC)c1C. The molecule has 0 aliphatic rings. The molecule has 5 heteroatoms. The second kappa shape index (κ2) is 6.19. The molecule has 2 unspecified atom stereocenters. The highest BCUT2D eigenvalue weighted by Crippen LogP contribution is 2.27. The van der Waals surface area contributed by atoms with Gasteiger partial charge < -0.3 is 5.11 Å². The molecule has 0 aromatic carbocycles. The van der Waals surface area contributed by atoms with Gasteiger partial charge in [-0.15, -0.1) is 0 Å². The van der Waals surface area contributed by atoms with Crippen LogP contribution in [0, 0.1) is 13.8 Å². The fraction of sp³-hybridized carbons (Fsp3) is 0.714. The predicted molar refractivity (Wildman–Crippen MR) is 75.3 cm³/mol. The molecular formula is C14H25N3O2. The number of rotatable bonds is 6. The van der Waals surface area contributed by atoms with Gasteiger partial charge in [-0.3, -0.25) is 14.4 Å². The first-order valence-corrected chi connectivity index (χ1v) is 6.83. The molecule has 19 heavy (non-hydrogen) atoms. The van der Waals surface area contributed by atoms with Crippen LogP contribution in [0.3, 0.4) is 0 Å². The summed E-state index contributed by atoms with van der Waals surface area (Å²) >= 11 is 0. The lowest BCUT2D eigenvalue weighted by Crippen LogP contribution is -2.39. The van der Waals surface area contributed by atoms with E-state index in [0.717, 1.165) is 23.5 Å². The molecule has 0 fully saturated rings. The first-order valence-electron chi connectivity index (χ1n) is 6.83. The van der Waals surface area contributed by atoms with E-state index in [9.17, 15) is 9.90 Å². The summed E-state index contributed by atoms with van der Waals surface area (Å²) < 4.78 is 1.97. The van der Waals surface area contributed by atoms with Crippen molar-refractivity contribution in [3.8, 4) is 0 Å². The number of nitrogens with zero attached hydrogens (tertiary/aromatic N) is 3. The summed E-state index contributed by atoms with van der Waals surface area (Å²) in [5.74, 6) is -0.768. The van der Waals surface area contributed by atoms with E-state index >= 15 is 0 Å². The zero-order valence-electron chi connectivity index (χ0n) is 12.8. The maximum absolute atomic E-state index is 11.3. The third-order valence-electron chi connectivity index (χ3n) is 3.93. The minimum Gasteiger partial charge on any atom is -0.480 e. The van der Waals surface area contributed by atoms with Crippen LogP contribution in [0.25, 0.3) is 0 Å². The van der Waals surface area contributed by atoms with Crippen molar-refractivity contribution >= 4 is 5.97 Å². The van der Waals surface area contributed by atoms with Crippen LogP contribution in [0.4, 0.5) is 0 Å². The average molecular weight is 267 g/mol. The fourth-order valence-electron chi connectivity index (χ4n) is 2.73. The summed E-state index contributed by atoms with van der Waals surface area (Å²) in [6.45, 7) is 10.9. The molecule has 0 spiro atoms. The molecule has 1 N–H and O–H groups in total. The van der Waals surface area contributed by atoms with Gasteiger partial charge >= 0.3 is 5.97 Å². The van der Waals surface area contributed by atoms with E-state index < -0.39 is 12.0 Å². The minimum atomic E-state index is -0.768. The molecule has 0 saturated heterocycles. The van der Waals surface area contributed by atoms with Crippen LogP contribution < -0.4 is 0 Å². The largest absolute Gasteiger partial charge is 0.480 e. The van der Waals surface area contributed by atoms with Crippen LogP contribution in [-0.4, -0.2) is 38.8 Å². The standard InChI is InChI=1S/C14H25N3O2/c1-7-12(14(18)19)16(6)10(4)13-9(3)15-17(8-2)11(13)5/h10,12H,7-8H2,1-6H3,(H,18,19). The Hall–Kier alpha value is -1.36. The number of aryl methyl sites for hydroxylation is 2. The average Bonchev–Trinajstić information content (AvgIpc) is 2.63. The molecule has 0 bridgehead atoms. The van der Waals surface area contributed by atoms with Crippen LogP contribution >= 0.6 is 0 Å². The molecule has 0 radical (unpaired) electrons. The summed E-state index contributed by atoms with van der Waals surface area (Å²) in [5, 5.41) is 13.8. The van der Waals surface area contributed by atoms with Crippen molar-refractivity contribution in [3.05, 3.63) is 17.0 Å². The Balaban J connectivity index is 3.09. The van der Waals surface area contributed by atoms with Gasteiger partial charge in [-0.25, -0.2) is 0 Å². The second-order valence-electron chi connectivity index (χ2n) is 5.00. The number of hydrogen-bond acceptors (Lipinski definition) is 3. The van der Waals surface area contributed by atoms with Gasteiger partial charge in [0.1, 0.15) is 6.04 Å². The predicted octanol–water partition coefficient (Wildman–Crippen LogP) is 2.38. The Bertz CT molecular complexity index is 454. The highest BCUT2D eigenvalue weighted by Gasteiger charge is 2.28. The van der Waals surface area contributed by atoms with Gasteiger partial charge in [-0.2, -0.15) is 5.10 Å². The topological polar surface area (TPSA) is 58.4 Å². The third-order valence-corrected chi connectivity index (χ3v) is 3.93. The van der Waals surface area contributed by atoms with Gasteiger partial charge in [0, 0.05) is 23.8 Å². The lowest BCUT2D eigenvalue weighted by Gasteiger charge is -2.30. The normalized spacial score (nSPS) is 14.7. The molecule has 1 rings (SSSR count). The Morgan fingerprint density at radius 1 is 1.42 bits per heavy atom. The molecule has 1 aromatic heterocycles. The van der Waals surface area contributed by atoms with Crippen LogP contribution in [0.2, 0.25) is 0 Å². The Kier molecular flexibility index (Phi) is 5.11. The number of aliphatic carboxylic acids is 1. The zero-order valence-corrected chi connectivity index (χ0v) is 12.8. The third kappa shape index (κ3) is 2.97. The molecule has 1 heterocycles. The number of carboxylic acids is 1. The molecule has 5 nitrogen and oxygen atoms in total. The zero-order chi connectivity index (χ0) is 14.7. The van der Waals surface area contributed by atoms with E-state index in [0.29, 0.717) is 6.42 Å². The molecule has 1 aromatic rings. The highest BCUT2D eigenvalue weighted by atomic mass is 16.4. The number of aromatic nitrogens is 2. The quantitative estimate of drug-likeness (QED) is 0.859. The van der Waals surface area contributed by atoms with Crippen molar-refractivity contribution in [1.29, 1.82) is 0 Å². The van der Waals surface area contributed by atoms with Gasteiger partial charge in [0.2, 0.25) is 0 Å². The highest BCUT2D eigenvalue weighted by molar-refractivity contribution is 5.73. The van der Waals surface area contributed by atoms with E-state index in [1.54, 1.807) is 0 Å². The van der Waals surface area contributed by atoms with Gasteiger partial charge in [0.05, 0.1) is 5.69 Å². The molecule has 0 saturated carbocycles. The first-order chi connectivity index (χ1) is 8.84. The molecule has 0 aliphatic heterocycles. The Morgan fingerprint density at radius 2 is 2.00 bits per heavy atom. The van der Waals surface area contributed by atoms with Crippen LogP contribution in [0.1, 0.15) is 50.2 Å². The molecule has 0 amide bonds. The first kappa shape index (κ1) is 15.7. The smallest absolute Gasteiger partial charge is 0.320 e. The van der Waals surface area contributed by atoms with Crippen molar-refractivity contribution in [2.24, 2.45) is 0 Å². The number of carboxylic acid groups (broad SMARTS) is 1. The Morgan fingerprint density at radius 3 is 2.37 bits per heavy atom. The van der Waals surface area contributed by atoms with Gasteiger partial charge in [-0.05, 0) is 41.2 Å². The van der Waals surface area contributed by atoms with Gasteiger partial charge in [-0.1, -0.05) is 6.92 Å². The summed E-state index contributed by atoms with van der Waals surface area (Å²) in [6.07, 6.45) is 0.593. The molecule has 108 valence electrons. The van der Waals surface area contributed by atoms with Crippen molar-refractivity contribution in [1.82, 2.24) is 14.7 Å². The lowest BCUT2D eigenvalue weighted by atomic mass is 10.0. The fourth-order valence-corrected chi connectivity index (χ4v) is 2.73. The van der Waals surface area contributed by atoms with Crippen LogP contribution in [-0.2, 0) is 11.3 Å². The molecule has 0 aliphatic carbocycles. The van der Waals surface area contributed by atoms with Crippen LogP contribution in [0.5, 0.6) is 0 Å². The number of carbonyl (C=O) groups is 1. The molecule has 2 atom stereocenters. The number of likely N-dealkylation sites (N-methyl/N-ethyl adjacent to an activating group) is 1. The maximum Gasteiger partial charge on any atom is 0.320 e. The number of hydrogen-bond donors (Lipinski definition) is 1. The maximum atomic E-state index is 11.3. The van der Waals surface area contributed by atoms with Crippen LogP contribution in [0.15, 0.2) is 0 Å². The van der Waals surface area contributed by atoms with Crippen molar-refractivity contribution in [3.63, 3.8) is 0 Å². The summed E-state index contributed by atoms with van der Waals surface area (Å²) in [7, 11) is 1.87. The van der Waals surface area contributed by atoms with E-state index in [1.807, 2.05) is 44.3 Å². The van der Waals surface area contributed by atoms with E-state index in [4.69, 9.17) is 0 Å². The summed E-state index contributed by atoms with van der Waals surface area (Å²) in [5.41, 5.74) is 3.25.